The number of rotatable bonds is 3. The zero-order chi connectivity index (χ0) is 18.1. The molecule has 0 radical (unpaired) electrons. The Balaban J connectivity index is 2.00. The Morgan fingerprint density at radius 3 is 2.65 bits per heavy atom. The van der Waals surface area contributed by atoms with Gasteiger partial charge in [-0.15, -0.1) is 0 Å². The number of piperazine rings is 1. The second-order valence-corrected chi connectivity index (χ2v) is 6.48. The van der Waals surface area contributed by atoms with E-state index in [9.17, 15) is 10.1 Å². The van der Waals surface area contributed by atoms with Crippen molar-refractivity contribution in [1.82, 2.24) is 19.4 Å². The molecule has 7 heteroatoms. The van der Waals surface area contributed by atoms with Gasteiger partial charge in [-0.3, -0.25) is 4.79 Å². The van der Waals surface area contributed by atoms with Crippen LogP contribution in [0.4, 0.5) is 5.82 Å². The van der Waals surface area contributed by atoms with Gasteiger partial charge >= 0.3 is 0 Å². The Bertz CT molecular complexity index is 1040. The fourth-order valence-corrected chi connectivity index (χ4v) is 3.53. The van der Waals surface area contributed by atoms with E-state index >= 15 is 0 Å². The molecule has 0 aliphatic carbocycles. The van der Waals surface area contributed by atoms with Crippen LogP contribution in [0.25, 0.3) is 11.0 Å². The van der Waals surface area contributed by atoms with Gasteiger partial charge in [0.05, 0.1) is 6.33 Å². The van der Waals surface area contributed by atoms with Gasteiger partial charge in [0.2, 0.25) is 0 Å². The molecule has 0 amide bonds. The highest BCUT2D eigenvalue weighted by Crippen LogP contribution is 2.30. The van der Waals surface area contributed by atoms with Crippen molar-refractivity contribution in [2.75, 3.05) is 31.1 Å². The predicted molar refractivity (Wildman–Crippen MR) is 100 cm³/mol. The monoisotopic (exact) mass is 348 g/mol. The Morgan fingerprint density at radius 1 is 1.23 bits per heavy atom. The molecule has 0 unspecified atom stereocenters. The van der Waals surface area contributed by atoms with E-state index in [0.717, 1.165) is 37.6 Å². The third-order valence-electron chi connectivity index (χ3n) is 4.81. The SMILES string of the molecule is Cn1cnc2c(C#N)c(N3CCNCC3)n(Cc3ccccc3)c2c1=O. The number of nitrogens with one attached hydrogen (secondary N) is 1. The van der Waals surface area contributed by atoms with Crippen LogP contribution in [-0.4, -0.2) is 40.3 Å². The zero-order valence-electron chi connectivity index (χ0n) is 14.6. The summed E-state index contributed by atoms with van der Waals surface area (Å²) in [6.45, 7) is 3.81. The molecule has 1 N–H and O–H groups in total. The van der Waals surface area contributed by atoms with Crippen LogP contribution in [0.3, 0.4) is 0 Å². The van der Waals surface area contributed by atoms with Crippen molar-refractivity contribution < 1.29 is 0 Å². The van der Waals surface area contributed by atoms with E-state index in [1.807, 2.05) is 34.9 Å². The van der Waals surface area contributed by atoms with Gasteiger partial charge in [-0.2, -0.15) is 5.26 Å². The van der Waals surface area contributed by atoms with Crippen LogP contribution in [0.15, 0.2) is 41.5 Å². The number of hydrogen-bond acceptors (Lipinski definition) is 5. The summed E-state index contributed by atoms with van der Waals surface area (Å²) >= 11 is 0. The number of nitriles is 1. The molecule has 7 nitrogen and oxygen atoms in total. The maximum Gasteiger partial charge on any atom is 0.277 e. The summed E-state index contributed by atoms with van der Waals surface area (Å²) in [4.78, 5) is 19.5. The van der Waals surface area contributed by atoms with E-state index in [-0.39, 0.29) is 5.56 Å². The largest absolute Gasteiger partial charge is 0.354 e. The average Bonchev–Trinajstić information content (AvgIpc) is 3.00. The molecule has 1 aromatic carbocycles. The van der Waals surface area contributed by atoms with E-state index < -0.39 is 0 Å². The van der Waals surface area contributed by atoms with E-state index in [2.05, 4.69) is 21.3 Å². The van der Waals surface area contributed by atoms with Gasteiger partial charge in [-0.1, -0.05) is 30.3 Å². The van der Waals surface area contributed by atoms with Crippen molar-refractivity contribution >= 4 is 16.9 Å². The Labute approximate surface area is 151 Å². The maximum absolute atomic E-state index is 12.9. The predicted octanol–water partition coefficient (Wildman–Crippen LogP) is 1.06. The molecule has 4 rings (SSSR count). The lowest BCUT2D eigenvalue weighted by Crippen LogP contribution is -2.44. The molecule has 0 saturated carbocycles. The van der Waals surface area contributed by atoms with Gasteiger partial charge in [0, 0.05) is 39.8 Å². The average molecular weight is 348 g/mol. The first-order valence-electron chi connectivity index (χ1n) is 8.68. The molecule has 0 atom stereocenters. The molecule has 1 aliphatic rings. The standard InChI is InChI=1S/C19H20N6O/c1-23-13-22-16-15(11-20)18(24-9-7-21-8-10-24)25(17(16)19(23)26)12-14-5-3-2-4-6-14/h2-6,13,21H,7-10,12H2,1H3. The van der Waals surface area contributed by atoms with Gasteiger partial charge in [-0.25, -0.2) is 4.98 Å². The second kappa shape index (κ2) is 6.65. The third kappa shape index (κ3) is 2.65. The van der Waals surface area contributed by atoms with Crippen LogP contribution in [0, 0.1) is 11.3 Å². The Hall–Kier alpha value is -3.11. The van der Waals surface area contributed by atoms with Crippen LogP contribution in [-0.2, 0) is 13.6 Å². The summed E-state index contributed by atoms with van der Waals surface area (Å²) in [7, 11) is 1.69. The quantitative estimate of drug-likeness (QED) is 0.766. The minimum absolute atomic E-state index is 0.135. The van der Waals surface area contributed by atoms with E-state index in [4.69, 9.17) is 0 Å². The molecular weight excluding hydrogens is 328 g/mol. The number of anilines is 1. The fourth-order valence-electron chi connectivity index (χ4n) is 3.53. The highest BCUT2D eigenvalue weighted by molar-refractivity contribution is 5.89. The molecule has 3 aromatic rings. The summed E-state index contributed by atoms with van der Waals surface area (Å²) in [6.07, 6.45) is 1.49. The van der Waals surface area contributed by atoms with Crippen LogP contribution in [0.1, 0.15) is 11.1 Å². The molecule has 1 fully saturated rings. The van der Waals surface area contributed by atoms with Gasteiger partial charge in [0.1, 0.15) is 28.5 Å². The van der Waals surface area contributed by atoms with E-state index in [0.29, 0.717) is 23.1 Å². The van der Waals surface area contributed by atoms with Crippen LogP contribution in [0.5, 0.6) is 0 Å². The molecule has 132 valence electrons. The van der Waals surface area contributed by atoms with Gasteiger partial charge in [0.25, 0.3) is 5.56 Å². The van der Waals surface area contributed by atoms with Crippen molar-refractivity contribution in [3.63, 3.8) is 0 Å². The van der Waals surface area contributed by atoms with E-state index in [1.165, 1.54) is 10.9 Å². The molecule has 26 heavy (non-hydrogen) atoms. The maximum atomic E-state index is 12.9. The van der Waals surface area contributed by atoms with Gasteiger partial charge < -0.3 is 19.4 Å². The van der Waals surface area contributed by atoms with Crippen molar-refractivity contribution in [3.05, 3.63) is 58.1 Å². The summed E-state index contributed by atoms with van der Waals surface area (Å²) < 4.78 is 3.43. The van der Waals surface area contributed by atoms with Gasteiger partial charge in [0.15, 0.2) is 0 Å². The number of aryl methyl sites for hydroxylation is 1. The lowest BCUT2D eigenvalue weighted by Gasteiger charge is -2.30. The first-order chi connectivity index (χ1) is 12.7. The van der Waals surface area contributed by atoms with Crippen LogP contribution >= 0.6 is 0 Å². The first kappa shape index (κ1) is 16.4. The normalized spacial score (nSPS) is 14.5. The molecule has 1 aliphatic heterocycles. The molecule has 1 saturated heterocycles. The van der Waals surface area contributed by atoms with Crippen molar-refractivity contribution in [2.45, 2.75) is 6.54 Å². The summed E-state index contributed by atoms with van der Waals surface area (Å²) in [5.41, 5.74) is 2.40. The van der Waals surface area contributed by atoms with Crippen LogP contribution < -0.4 is 15.8 Å². The van der Waals surface area contributed by atoms with Crippen LogP contribution in [0.2, 0.25) is 0 Å². The van der Waals surface area contributed by atoms with Crippen molar-refractivity contribution in [2.24, 2.45) is 7.05 Å². The highest BCUT2D eigenvalue weighted by atomic mass is 16.1. The lowest BCUT2D eigenvalue weighted by molar-refractivity contribution is 0.576. The summed E-state index contributed by atoms with van der Waals surface area (Å²) in [5.74, 6) is 0.795. The minimum atomic E-state index is -0.135. The number of nitrogens with zero attached hydrogens (tertiary/aromatic N) is 5. The van der Waals surface area contributed by atoms with Gasteiger partial charge in [-0.05, 0) is 5.56 Å². The summed E-state index contributed by atoms with van der Waals surface area (Å²) in [6, 6.07) is 12.3. The second-order valence-electron chi connectivity index (χ2n) is 6.48. The smallest absolute Gasteiger partial charge is 0.277 e. The first-order valence-corrected chi connectivity index (χ1v) is 8.68. The highest BCUT2D eigenvalue weighted by Gasteiger charge is 2.26. The zero-order valence-corrected chi connectivity index (χ0v) is 14.6. The topological polar surface area (TPSA) is 78.9 Å². The molecule has 2 aromatic heterocycles. The van der Waals surface area contributed by atoms with E-state index in [1.54, 1.807) is 7.05 Å². The third-order valence-corrected chi connectivity index (χ3v) is 4.81. The fraction of sp³-hybridized carbons (Fsp3) is 0.316. The lowest BCUT2D eigenvalue weighted by atomic mass is 10.2. The molecular formula is C19H20N6O. The van der Waals surface area contributed by atoms with Crippen molar-refractivity contribution in [3.8, 4) is 6.07 Å². The molecule has 0 spiro atoms. The molecule has 0 bridgehead atoms. The number of benzene rings is 1. The summed E-state index contributed by atoms with van der Waals surface area (Å²) in [5, 5.41) is 13.2. The molecule has 3 heterocycles. The number of fused-ring (bicyclic) bond motifs is 1. The Kier molecular flexibility index (Phi) is 4.19. The number of aromatic nitrogens is 3. The number of hydrogen-bond donors (Lipinski definition) is 1. The Morgan fingerprint density at radius 2 is 1.96 bits per heavy atom. The minimum Gasteiger partial charge on any atom is -0.354 e. The van der Waals surface area contributed by atoms with Crippen molar-refractivity contribution in [1.29, 1.82) is 5.26 Å².